The maximum Gasteiger partial charge on any atom is 0.272 e. The Morgan fingerprint density at radius 1 is 1.12 bits per heavy atom. The Labute approximate surface area is 156 Å². The van der Waals surface area contributed by atoms with Crippen molar-refractivity contribution in [3.63, 3.8) is 0 Å². The normalized spacial score (nSPS) is 16.0. The molecule has 1 amide bonds. The van der Waals surface area contributed by atoms with E-state index >= 15 is 0 Å². The lowest BCUT2D eigenvalue weighted by molar-refractivity contribution is 0.102. The number of sulfonamides is 1. The van der Waals surface area contributed by atoms with Gasteiger partial charge in [0.15, 0.2) is 0 Å². The Bertz CT molecular complexity index is 857. The predicted octanol–water partition coefficient (Wildman–Crippen LogP) is 2.36. The Balaban J connectivity index is 1.71. The molecule has 2 aromatic rings. The minimum Gasteiger partial charge on any atom is -0.497 e. The first-order valence-corrected chi connectivity index (χ1v) is 10.6. The van der Waals surface area contributed by atoms with Crippen LogP contribution in [0.2, 0.25) is 0 Å². The van der Waals surface area contributed by atoms with Crippen molar-refractivity contribution >= 4 is 32.4 Å². The number of amides is 1. The van der Waals surface area contributed by atoms with Crippen molar-refractivity contribution in [2.75, 3.05) is 25.5 Å². The van der Waals surface area contributed by atoms with Gasteiger partial charge in [0, 0.05) is 18.7 Å². The third-order valence-corrected chi connectivity index (χ3v) is 7.19. The first-order chi connectivity index (χ1) is 12.5. The fourth-order valence-corrected chi connectivity index (χ4v) is 5.22. The molecule has 3 rings (SSSR count). The standard InChI is InChI=1S/C16H20N4O4S2/c1-24-13-8-6-12(7-9-13)14(21)17-15-18-19-16(25-15)26(22,23)20-10-4-2-3-5-11-20/h6-9H,2-5,10-11H2,1H3,(H,17,18,21). The van der Waals surface area contributed by atoms with Gasteiger partial charge in [-0.2, -0.15) is 4.31 Å². The number of ether oxygens (including phenoxy) is 1. The van der Waals surface area contributed by atoms with Gasteiger partial charge in [0.25, 0.3) is 15.9 Å². The highest BCUT2D eigenvalue weighted by molar-refractivity contribution is 7.91. The fraction of sp³-hybridized carbons (Fsp3) is 0.438. The van der Waals surface area contributed by atoms with Gasteiger partial charge in [0.1, 0.15) is 5.75 Å². The molecule has 0 unspecified atom stereocenters. The zero-order valence-electron chi connectivity index (χ0n) is 14.3. The second kappa shape index (κ2) is 8.11. The quantitative estimate of drug-likeness (QED) is 0.779. The van der Waals surface area contributed by atoms with E-state index < -0.39 is 10.0 Å². The molecule has 1 aromatic carbocycles. The molecule has 0 atom stereocenters. The molecule has 26 heavy (non-hydrogen) atoms. The molecular formula is C16H20N4O4S2. The van der Waals surface area contributed by atoms with Crippen molar-refractivity contribution < 1.29 is 17.9 Å². The summed E-state index contributed by atoms with van der Waals surface area (Å²) in [5, 5.41) is 10.3. The minimum absolute atomic E-state index is 0.0931. The summed E-state index contributed by atoms with van der Waals surface area (Å²) in [4.78, 5) is 12.2. The van der Waals surface area contributed by atoms with Crippen LogP contribution in [-0.2, 0) is 10.0 Å². The molecular weight excluding hydrogens is 376 g/mol. The molecule has 0 aliphatic carbocycles. The van der Waals surface area contributed by atoms with E-state index in [9.17, 15) is 13.2 Å². The molecule has 1 fully saturated rings. The molecule has 140 valence electrons. The maximum atomic E-state index is 12.7. The maximum absolute atomic E-state index is 12.7. The molecule has 8 nitrogen and oxygen atoms in total. The minimum atomic E-state index is -3.66. The van der Waals surface area contributed by atoms with Crippen LogP contribution in [0.5, 0.6) is 5.75 Å². The number of methoxy groups -OCH3 is 1. The summed E-state index contributed by atoms with van der Waals surface area (Å²) in [6, 6.07) is 6.57. The second-order valence-corrected chi connectivity index (χ2v) is 8.96. The number of aromatic nitrogens is 2. The SMILES string of the molecule is COc1ccc(C(=O)Nc2nnc(S(=O)(=O)N3CCCCCC3)s2)cc1. The topological polar surface area (TPSA) is 101 Å². The van der Waals surface area contributed by atoms with E-state index in [0.717, 1.165) is 37.0 Å². The number of rotatable bonds is 5. The number of carbonyl (C=O) groups excluding carboxylic acids is 1. The fourth-order valence-electron chi connectivity index (χ4n) is 2.67. The van der Waals surface area contributed by atoms with Crippen LogP contribution < -0.4 is 10.1 Å². The van der Waals surface area contributed by atoms with Gasteiger partial charge >= 0.3 is 0 Å². The average molecular weight is 396 g/mol. The van der Waals surface area contributed by atoms with Gasteiger partial charge in [-0.25, -0.2) is 8.42 Å². The van der Waals surface area contributed by atoms with Crippen LogP contribution in [0.4, 0.5) is 5.13 Å². The Kier molecular flexibility index (Phi) is 5.84. The summed E-state index contributed by atoms with van der Waals surface area (Å²) in [6.45, 7) is 0.991. The summed E-state index contributed by atoms with van der Waals surface area (Å²) >= 11 is 0.862. The van der Waals surface area contributed by atoms with Crippen molar-refractivity contribution in [3.8, 4) is 5.75 Å². The van der Waals surface area contributed by atoms with Gasteiger partial charge in [-0.05, 0) is 37.1 Å². The summed E-state index contributed by atoms with van der Waals surface area (Å²) in [5.41, 5.74) is 0.415. The molecule has 1 saturated heterocycles. The predicted molar refractivity (Wildman–Crippen MR) is 98.1 cm³/mol. The van der Waals surface area contributed by atoms with Gasteiger partial charge in [-0.1, -0.05) is 24.2 Å². The molecule has 0 bridgehead atoms. The molecule has 0 spiro atoms. The molecule has 0 radical (unpaired) electrons. The van der Waals surface area contributed by atoms with E-state index in [1.165, 1.54) is 4.31 Å². The lowest BCUT2D eigenvalue weighted by Gasteiger charge is -2.17. The number of hydrogen-bond donors (Lipinski definition) is 1. The highest BCUT2D eigenvalue weighted by Gasteiger charge is 2.29. The molecule has 1 aromatic heterocycles. The first-order valence-electron chi connectivity index (χ1n) is 8.30. The van der Waals surface area contributed by atoms with Crippen molar-refractivity contribution in [2.24, 2.45) is 0 Å². The number of nitrogens with zero attached hydrogens (tertiary/aromatic N) is 3. The Morgan fingerprint density at radius 2 is 1.77 bits per heavy atom. The molecule has 1 aliphatic heterocycles. The van der Waals surface area contributed by atoms with Gasteiger partial charge in [0.2, 0.25) is 9.47 Å². The zero-order chi connectivity index (χ0) is 18.6. The number of nitrogens with one attached hydrogen (secondary N) is 1. The smallest absolute Gasteiger partial charge is 0.272 e. The summed E-state index contributed by atoms with van der Waals surface area (Å²) < 4.78 is 31.8. The largest absolute Gasteiger partial charge is 0.497 e. The number of carbonyl (C=O) groups is 1. The van der Waals surface area contributed by atoms with Crippen molar-refractivity contribution in [3.05, 3.63) is 29.8 Å². The van der Waals surface area contributed by atoms with Gasteiger partial charge in [-0.3, -0.25) is 10.1 Å². The lowest BCUT2D eigenvalue weighted by atomic mass is 10.2. The van der Waals surface area contributed by atoms with Crippen LogP contribution in [0.15, 0.2) is 28.6 Å². The molecule has 1 N–H and O–H groups in total. The summed E-state index contributed by atoms with van der Waals surface area (Å²) in [5.74, 6) is 0.255. The average Bonchev–Trinajstić information content (AvgIpc) is 2.94. The van der Waals surface area contributed by atoms with E-state index in [1.54, 1.807) is 31.4 Å². The van der Waals surface area contributed by atoms with E-state index in [1.807, 2.05) is 0 Å². The van der Waals surface area contributed by atoms with Crippen LogP contribution >= 0.6 is 11.3 Å². The number of anilines is 1. The van der Waals surface area contributed by atoms with Crippen molar-refractivity contribution in [2.45, 2.75) is 30.0 Å². The monoisotopic (exact) mass is 396 g/mol. The van der Waals surface area contributed by atoms with Crippen molar-refractivity contribution in [1.82, 2.24) is 14.5 Å². The highest BCUT2D eigenvalue weighted by Crippen LogP contribution is 2.25. The summed E-state index contributed by atoms with van der Waals surface area (Å²) in [6.07, 6.45) is 3.76. The van der Waals surface area contributed by atoms with E-state index in [0.29, 0.717) is 24.4 Å². The Morgan fingerprint density at radius 3 is 2.38 bits per heavy atom. The van der Waals surface area contributed by atoms with Crippen LogP contribution in [0.25, 0.3) is 0 Å². The zero-order valence-corrected chi connectivity index (χ0v) is 16.0. The van der Waals surface area contributed by atoms with Gasteiger partial charge < -0.3 is 4.74 Å². The number of benzene rings is 1. The first kappa shape index (κ1) is 18.7. The third kappa shape index (κ3) is 4.19. The van der Waals surface area contributed by atoms with Crippen LogP contribution in [0.1, 0.15) is 36.0 Å². The van der Waals surface area contributed by atoms with E-state index in [2.05, 4.69) is 15.5 Å². The number of hydrogen-bond acceptors (Lipinski definition) is 7. The highest BCUT2D eigenvalue weighted by atomic mass is 32.2. The Hall–Kier alpha value is -2.04. The van der Waals surface area contributed by atoms with Gasteiger partial charge in [-0.15, -0.1) is 10.2 Å². The third-order valence-electron chi connectivity index (χ3n) is 4.10. The lowest BCUT2D eigenvalue weighted by Crippen LogP contribution is -2.31. The van der Waals surface area contributed by atoms with Crippen LogP contribution in [0, 0.1) is 0 Å². The van der Waals surface area contributed by atoms with Crippen LogP contribution in [-0.4, -0.2) is 49.0 Å². The molecule has 0 saturated carbocycles. The second-order valence-electron chi connectivity index (χ2n) is 5.87. The summed E-state index contributed by atoms with van der Waals surface area (Å²) in [7, 11) is -2.12. The van der Waals surface area contributed by atoms with Crippen LogP contribution in [0.3, 0.4) is 0 Å². The molecule has 10 heteroatoms. The molecule has 2 heterocycles. The van der Waals surface area contributed by atoms with Crippen molar-refractivity contribution in [1.29, 1.82) is 0 Å². The van der Waals surface area contributed by atoms with Gasteiger partial charge in [0.05, 0.1) is 7.11 Å². The van der Waals surface area contributed by atoms with E-state index in [-0.39, 0.29) is 15.4 Å². The molecule has 1 aliphatic rings. The van der Waals surface area contributed by atoms with E-state index in [4.69, 9.17) is 4.74 Å².